The van der Waals surface area contributed by atoms with Crippen LogP contribution in [-0.4, -0.2) is 28.5 Å². The third-order valence-corrected chi connectivity index (χ3v) is 3.86. The Balaban J connectivity index is 1.95. The van der Waals surface area contributed by atoms with Gasteiger partial charge >= 0.3 is 0 Å². The fourth-order valence-electron chi connectivity index (χ4n) is 2.44. The van der Waals surface area contributed by atoms with Gasteiger partial charge in [-0.3, -0.25) is 4.79 Å². The molecule has 1 saturated heterocycles. The van der Waals surface area contributed by atoms with Gasteiger partial charge in [-0.05, 0) is 62.7 Å². The van der Waals surface area contributed by atoms with Crippen LogP contribution in [0, 0.1) is 0 Å². The summed E-state index contributed by atoms with van der Waals surface area (Å²) in [5.41, 5.74) is 1.74. The number of hydrogen-bond acceptors (Lipinski definition) is 2. The number of amides is 1. The summed E-state index contributed by atoms with van der Waals surface area (Å²) in [6.45, 7) is 4.74. The highest BCUT2D eigenvalue weighted by molar-refractivity contribution is 7.80. The molecule has 2 N–H and O–H groups in total. The van der Waals surface area contributed by atoms with Crippen molar-refractivity contribution in [1.82, 2.24) is 4.90 Å². The number of carbonyl (C=O) groups is 1. The molecule has 1 amide bonds. The molecule has 0 spiro atoms. The van der Waals surface area contributed by atoms with Crippen molar-refractivity contribution in [3.8, 4) is 0 Å². The van der Waals surface area contributed by atoms with E-state index in [2.05, 4.69) is 22.5 Å². The number of piperidine rings is 1. The van der Waals surface area contributed by atoms with Gasteiger partial charge < -0.3 is 15.5 Å². The molecule has 108 valence electrons. The van der Waals surface area contributed by atoms with Gasteiger partial charge in [0.1, 0.15) is 0 Å². The van der Waals surface area contributed by atoms with E-state index in [0.29, 0.717) is 6.04 Å². The Hall–Kier alpha value is -1.62. The van der Waals surface area contributed by atoms with Crippen LogP contribution in [0.2, 0.25) is 0 Å². The first-order valence-electron chi connectivity index (χ1n) is 7.01. The van der Waals surface area contributed by atoms with Gasteiger partial charge in [-0.15, -0.1) is 0 Å². The lowest BCUT2D eigenvalue weighted by Gasteiger charge is -2.35. The Morgan fingerprint density at radius 2 is 1.80 bits per heavy atom. The smallest absolute Gasteiger partial charge is 0.221 e. The molecule has 1 atom stereocenters. The Kier molecular flexibility index (Phi) is 4.95. The van der Waals surface area contributed by atoms with E-state index in [1.807, 2.05) is 24.3 Å². The summed E-state index contributed by atoms with van der Waals surface area (Å²) in [6.07, 6.45) is 3.68. The van der Waals surface area contributed by atoms with Crippen molar-refractivity contribution in [2.75, 3.05) is 17.2 Å². The van der Waals surface area contributed by atoms with Gasteiger partial charge in [0.15, 0.2) is 5.11 Å². The van der Waals surface area contributed by atoms with Crippen LogP contribution in [-0.2, 0) is 4.79 Å². The van der Waals surface area contributed by atoms with Crippen LogP contribution in [0.3, 0.4) is 0 Å². The average molecular weight is 291 g/mol. The van der Waals surface area contributed by atoms with Gasteiger partial charge in [0.05, 0.1) is 0 Å². The molecule has 0 aromatic heterocycles. The van der Waals surface area contributed by atoms with E-state index in [4.69, 9.17) is 12.2 Å². The molecule has 5 heteroatoms. The van der Waals surface area contributed by atoms with Gasteiger partial charge in [-0.2, -0.15) is 0 Å². The minimum Gasteiger partial charge on any atom is -0.346 e. The Morgan fingerprint density at radius 3 is 2.35 bits per heavy atom. The lowest BCUT2D eigenvalue weighted by Crippen LogP contribution is -2.44. The van der Waals surface area contributed by atoms with E-state index in [-0.39, 0.29) is 5.91 Å². The summed E-state index contributed by atoms with van der Waals surface area (Å²) in [7, 11) is 0. The second-order valence-electron chi connectivity index (χ2n) is 5.23. The molecule has 1 heterocycles. The van der Waals surface area contributed by atoms with E-state index in [0.717, 1.165) is 23.0 Å². The summed E-state index contributed by atoms with van der Waals surface area (Å²) in [6, 6.07) is 8.08. The Bertz CT molecular complexity index is 486. The molecule has 1 aromatic rings. The van der Waals surface area contributed by atoms with Crippen molar-refractivity contribution in [1.29, 1.82) is 0 Å². The van der Waals surface area contributed by atoms with Crippen LogP contribution in [0.1, 0.15) is 33.1 Å². The summed E-state index contributed by atoms with van der Waals surface area (Å²) >= 11 is 5.48. The SMILES string of the molecule is CC(=O)Nc1ccc(NC(=S)N2CCCC[C@@H]2C)cc1. The van der Waals surface area contributed by atoms with Crippen molar-refractivity contribution in [2.45, 2.75) is 39.2 Å². The maximum absolute atomic E-state index is 11.0. The van der Waals surface area contributed by atoms with Crippen LogP contribution in [0.25, 0.3) is 0 Å². The monoisotopic (exact) mass is 291 g/mol. The Labute approximate surface area is 125 Å². The van der Waals surface area contributed by atoms with Crippen molar-refractivity contribution in [3.05, 3.63) is 24.3 Å². The van der Waals surface area contributed by atoms with Gasteiger partial charge in [-0.1, -0.05) is 0 Å². The van der Waals surface area contributed by atoms with Crippen LogP contribution in [0.5, 0.6) is 0 Å². The standard InChI is InChI=1S/C15H21N3OS/c1-11-5-3-4-10-18(11)15(20)17-14-8-6-13(7-9-14)16-12(2)19/h6-9,11H,3-5,10H2,1-2H3,(H,16,19)(H,17,20)/t11-/m0/s1. The Morgan fingerprint density at radius 1 is 1.20 bits per heavy atom. The molecule has 0 bridgehead atoms. The zero-order valence-electron chi connectivity index (χ0n) is 12.0. The molecule has 1 aromatic carbocycles. The number of thiocarbonyl (C=S) groups is 1. The van der Waals surface area contributed by atoms with Gasteiger partial charge in [0, 0.05) is 30.9 Å². The lowest BCUT2D eigenvalue weighted by atomic mass is 10.0. The maximum Gasteiger partial charge on any atom is 0.221 e. The first-order valence-corrected chi connectivity index (χ1v) is 7.42. The van der Waals surface area contributed by atoms with Gasteiger partial charge in [-0.25, -0.2) is 0 Å². The van der Waals surface area contributed by atoms with Crippen molar-refractivity contribution >= 4 is 34.6 Å². The van der Waals surface area contributed by atoms with Crippen LogP contribution >= 0.6 is 12.2 Å². The average Bonchev–Trinajstić information content (AvgIpc) is 2.41. The number of hydrogen-bond donors (Lipinski definition) is 2. The highest BCUT2D eigenvalue weighted by Gasteiger charge is 2.20. The van der Waals surface area contributed by atoms with Gasteiger partial charge in [0.25, 0.3) is 0 Å². The fraction of sp³-hybridized carbons (Fsp3) is 0.467. The minimum absolute atomic E-state index is 0.0663. The van der Waals surface area contributed by atoms with E-state index in [1.54, 1.807) is 0 Å². The van der Waals surface area contributed by atoms with Crippen LogP contribution < -0.4 is 10.6 Å². The number of rotatable bonds is 2. The predicted octanol–water partition coefficient (Wildman–Crippen LogP) is 3.22. The number of carbonyl (C=O) groups excluding carboxylic acids is 1. The van der Waals surface area contributed by atoms with Crippen molar-refractivity contribution in [2.24, 2.45) is 0 Å². The zero-order valence-corrected chi connectivity index (χ0v) is 12.8. The summed E-state index contributed by atoms with van der Waals surface area (Å²) in [5, 5.41) is 6.79. The molecular weight excluding hydrogens is 270 g/mol. The molecule has 2 rings (SSSR count). The molecule has 0 aliphatic carbocycles. The van der Waals surface area contributed by atoms with Gasteiger partial charge in [0.2, 0.25) is 5.91 Å². The number of anilines is 2. The van der Waals surface area contributed by atoms with Crippen LogP contribution in [0.15, 0.2) is 24.3 Å². The molecule has 0 unspecified atom stereocenters. The second-order valence-corrected chi connectivity index (χ2v) is 5.61. The van der Waals surface area contributed by atoms with E-state index in [1.165, 1.54) is 26.2 Å². The predicted molar refractivity (Wildman–Crippen MR) is 87.0 cm³/mol. The van der Waals surface area contributed by atoms with Crippen molar-refractivity contribution < 1.29 is 4.79 Å². The number of nitrogens with one attached hydrogen (secondary N) is 2. The summed E-state index contributed by atoms with van der Waals surface area (Å²) < 4.78 is 0. The normalized spacial score (nSPS) is 18.5. The molecule has 1 aliphatic rings. The third kappa shape index (κ3) is 3.93. The third-order valence-electron chi connectivity index (χ3n) is 3.52. The second kappa shape index (κ2) is 6.70. The first kappa shape index (κ1) is 14.8. The lowest BCUT2D eigenvalue weighted by molar-refractivity contribution is -0.114. The number of benzene rings is 1. The highest BCUT2D eigenvalue weighted by atomic mass is 32.1. The summed E-state index contributed by atoms with van der Waals surface area (Å²) in [5.74, 6) is -0.0663. The highest BCUT2D eigenvalue weighted by Crippen LogP contribution is 2.19. The topological polar surface area (TPSA) is 44.4 Å². The van der Waals surface area contributed by atoms with E-state index in [9.17, 15) is 4.79 Å². The molecule has 4 nitrogen and oxygen atoms in total. The molecule has 20 heavy (non-hydrogen) atoms. The van der Waals surface area contributed by atoms with Crippen molar-refractivity contribution in [3.63, 3.8) is 0 Å². The molecule has 1 aliphatic heterocycles. The van der Waals surface area contributed by atoms with E-state index < -0.39 is 0 Å². The molecule has 0 saturated carbocycles. The van der Waals surface area contributed by atoms with Crippen LogP contribution in [0.4, 0.5) is 11.4 Å². The number of nitrogens with zero attached hydrogens (tertiary/aromatic N) is 1. The maximum atomic E-state index is 11.0. The molecule has 1 fully saturated rings. The zero-order chi connectivity index (χ0) is 14.5. The summed E-state index contributed by atoms with van der Waals surface area (Å²) in [4.78, 5) is 13.2. The quantitative estimate of drug-likeness (QED) is 0.821. The molecular formula is C15H21N3OS. The van der Waals surface area contributed by atoms with E-state index >= 15 is 0 Å². The first-order chi connectivity index (χ1) is 9.56. The number of likely N-dealkylation sites (tertiary alicyclic amines) is 1. The minimum atomic E-state index is -0.0663. The molecule has 0 radical (unpaired) electrons. The fourth-order valence-corrected chi connectivity index (χ4v) is 2.82. The largest absolute Gasteiger partial charge is 0.346 e.